The van der Waals surface area contributed by atoms with Gasteiger partial charge in [-0.3, -0.25) is 0 Å². The second-order valence-corrected chi connectivity index (χ2v) is 14.3. The number of rotatable bonds is 10. The molecule has 200 valence electrons. The van der Waals surface area contributed by atoms with Crippen LogP contribution in [0.15, 0.2) is 46.2 Å². The lowest BCUT2D eigenvalue weighted by Gasteiger charge is -2.30. The van der Waals surface area contributed by atoms with Crippen molar-refractivity contribution in [1.82, 2.24) is 9.03 Å². The van der Waals surface area contributed by atoms with Gasteiger partial charge in [0.05, 0.1) is 37.9 Å². The van der Waals surface area contributed by atoms with Crippen molar-refractivity contribution < 1.29 is 39.8 Å². The zero-order chi connectivity index (χ0) is 26.9. The van der Waals surface area contributed by atoms with Crippen LogP contribution in [-0.2, 0) is 29.9 Å². The number of hydrogen-bond acceptors (Lipinski definition) is 9. The van der Waals surface area contributed by atoms with Gasteiger partial charge in [-0.1, -0.05) is 12.1 Å². The number of nitrogens with zero attached hydrogens (tertiary/aromatic N) is 1. The van der Waals surface area contributed by atoms with Crippen molar-refractivity contribution in [2.24, 2.45) is 0 Å². The maximum absolute atomic E-state index is 13.7. The number of sulfonamides is 2. The normalized spacial score (nSPS) is 19.9. The van der Waals surface area contributed by atoms with Crippen LogP contribution in [0.3, 0.4) is 0 Å². The molecule has 0 unspecified atom stereocenters. The van der Waals surface area contributed by atoms with Crippen molar-refractivity contribution in [2.75, 3.05) is 38.8 Å². The topological polar surface area (TPSA) is 156 Å². The summed E-state index contributed by atoms with van der Waals surface area (Å²) in [4.78, 5) is -0.340. The Morgan fingerprint density at radius 2 is 1.47 bits per heavy atom. The van der Waals surface area contributed by atoms with E-state index in [4.69, 9.17) is 9.47 Å². The summed E-state index contributed by atoms with van der Waals surface area (Å²) in [5.74, 6) is -1.05. The first-order valence-corrected chi connectivity index (χ1v) is 15.7. The van der Waals surface area contributed by atoms with Crippen molar-refractivity contribution in [3.8, 4) is 11.5 Å². The van der Waals surface area contributed by atoms with E-state index in [1.165, 1.54) is 38.5 Å². The molecular formula is C22H30N2O9S3. The number of aryl methyl sites for hydroxylation is 2. The second kappa shape index (κ2) is 10.6. The molecule has 0 aliphatic carbocycles. The van der Waals surface area contributed by atoms with E-state index in [0.29, 0.717) is 11.1 Å². The SMILES string of the molecule is COc1ccc(C)cc1S(=O)(=O)NCCN([C@@H]1CS(=O)(=O)C[C@@H]1O)S(=O)(=O)c1cc(C)ccc1OC. The molecule has 0 amide bonds. The summed E-state index contributed by atoms with van der Waals surface area (Å²) in [6.07, 6.45) is -1.48. The van der Waals surface area contributed by atoms with Crippen LogP contribution in [0.25, 0.3) is 0 Å². The minimum Gasteiger partial charge on any atom is -0.495 e. The molecule has 1 aliphatic heterocycles. The van der Waals surface area contributed by atoms with Crippen molar-refractivity contribution in [1.29, 1.82) is 0 Å². The highest BCUT2D eigenvalue weighted by Gasteiger charge is 2.45. The molecule has 1 saturated heterocycles. The van der Waals surface area contributed by atoms with Crippen LogP contribution >= 0.6 is 0 Å². The second-order valence-electron chi connectivity index (χ2n) is 8.53. The van der Waals surface area contributed by atoms with E-state index in [0.717, 1.165) is 4.31 Å². The molecule has 0 saturated carbocycles. The maximum Gasteiger partial charge on any atom is 0.247 e. The summed E-state index contributed by atoms with van der Waals surface area (Å²) >= 11 is 0. The Morgan fingerprint density at radius 1 is 0.944 bits per heavy atom. The van der Waals surface area contributed by atoms with Crippen molar-refractivity contribution in [3.05, 3.63) is 47.5 Å². The Morgan fingerprint density at radius 3 is 1.97 bits per heavy atom. The fourth-order valence-corrected chi connectivity index (χ4v) is 9.09. The molecule has 0 radical (unpaired) electrons. The van der Waals surface area contributed by atoms with Crippen LogP contribution in [0.1, 0.15) is 11.1 Å². The monoisotopic (exact) mass is 562 g/mol. The third-order valence-electron chi connectivity index (χ3n) is 5.80. The quantitative estimate of drug-likeness (QED) is 0.420. The van der Waals surface area contributed by atoms with E-state index >= 15 is 0 Å². The van der Waals surface area contributed by atoms with E-state index < -0.39 is 66.6 Å². The van der Waals surface area contributed by atoms with E-state index in [-0.39, 0.29) is 21.3 Å². The van der Waals surface area contributed by atoms with Gasteiger partial charge in [0, 0.05) is 13.1 Å². The molecule has 0 aromatic heterocycles. The van der Waals surface area contributed by atoms with Gasteiger partial charge in [-0.05, 0) is 49.2 Å². The lowest BCUT2D eigenvalue weighted by atomic mass is 10.2. The average Bonchev–Trinajstić information content (AvgIpc) is 3.08. The van der Waals surface area contributed by atoms with Crippen LogP contribution in [0, 0.1) is 13.8 Å². The molecule has 1 fully saturated rings. The van der Waals surface area contributed by atoms with Gasteiger partial charge in [-0.2, -0.15) is 4.31 Å². The summed E-state index contributed by atoms with van der Waals surface area (Å²) in [6, 6.07) is 7.80. The van der Waals surface area contributed by atoms with Crippen LogP contribution in [0.5, 0.6) is 11.5 Å². The minimum absolute atomic E-state index is 0.0334. The van der Waals surface area contributed by atoms with Gasteiger partial charge in [0.2, 0.25) is 20.0 Å². The molecule has 2 aromatic rings. The summed E-state index contributed by atoms with van der Waals surface area (Å²) < 4.78 is 91.3. The first-order chi connectivity index (χ1) is 16.7. The van der Waals surface area contributed by atoms with Crippen LogP contribution in [0.4, 0.5) is 0 Å². The lowest BCUT2D eigenvalue weighted by Crippen LogP contribution is -2.49. The van der Waals surface area contributed by atoms with E-state index in [1.54, 1.807) is 26.0 Å². The highest BCUT2D eigenvalue weighted by atomic mass is 32.2. The number of hydrogen-bond donors (Lipinski definition) is 2. The zero-order valence-corrected chi connectivity index (χ0v) is 22.8. The van der Waals surface area contributed by atoms with Gasteiger partial charge in [0.1, 0.15) is 21.3 Å². The number of benzene rings is 2. The third-order valence-corrected chi connectivity index (χ3v) is 10.9. The predicted octanol–water partition coefficient (Wildman–Crippen LogP) is 0.448. The molecule has 1 heterocycles. The molecule has 2 aromatic carbocycles. The van der Waals surface area contributed by atoms with Gasteiger partial charge in [0.15, 0.2) is 9.84 Å². The highest BCUT2D eigenvalue weighted by molar-refractivity contribution is 7.92. The molecule has 11 nitrogen and oxygen atoms in total. The minimum atomic E-state index is -4.41. The third kappa shape index (κ3) is 6.01. The van der Waals surface area contributed by atoms with Crippen LogP contribution < -0.4 is 14.2 Å². The zero-order valence-electron chi connectivity index (χ0n) is 20.3. The summed E-state index contributed by atoms with van der Waals surface area (Å²) in [7, 11) is -9.61. The van der Waals surface area contributed by atoms with Gasteiger partial charge in [-0.25, -0.2) is 30.0 Å². The standard InChI is InChI=1S/C22H30N2O9S3/c1-15-5-7-19(32-3)21(11-15)35(28,29)23-9-10-24(17-13-34(26,27)14-18(17)25)36(30,31)22-12-16(2)6-8-20(22)33-4/h5-8,11-12,17-18,23,25H,9-10,13-14H2,1-4H3/t17-,18+/m1/s1. The summed E-state index contributed by atoms with van der Waals surface area (Å²) in [5.41, 5.74) is 1.28. The average molecular weight is 563 g/mol. The highest BCUT2D eigenvalue weighted by Crippen LogP contribution is 2.31. The van der Waals surface area contributed by atoms with Gasteiger partial charge in [0.25, 0.3) is 0 Å². The number of ether oxygens (including phenoxy) is 2. The molecule has 14 heteroatoms. The van der Waals surface area contributed by atoms with Crippen molar-refractivity contribution in [3.63, 3.8) is 0 Å². The first-order valence-electron chi connectivity index (χ1n) is 10.9. The molecular weight excluding hydrogens is 532 g/mol. The Labute approximate surface area is 212 Å². The summed E-state index contributed by atoms with van der Waals surface area (Å²) in [5, 5.41) is 10.5. The first kappa shape index (κ1) is 28.3. The van der Waals surface area contributed by atoms with Crippen molar-refractivity contribution in [2.45, 2.75) is 35.8 Å². The molecule has 2 atom stereocenters. The lowest BCUT2D eigenvalue weighted by molar-refractivity contribution is 0.128. The van der Waals surface area contributed by atoms with Gasteiger partial charge < -0.3 is 14.6 Å². The predicted molar refractivity (Wildman–Crippen MR) is 133 cm³/mol. The Hall–Kier alpha value is -2.23. The molecule has 2 N–H and O–H groups in total. The molecule has 1 aliphatic rings. The Balaban J connectivity index is 1.97. The van der Waals surface area contributed by atoms with Gasteiger partial charge >= 0.3 is 0 Å². The van der Waals surface area contributed by atoms with Gasteiger partial charge in [-0.15, -0.1) is 0 Å². The fourth-order valence-electron chi connectivity index (χ4n) is 4.02. The molecule has 3 rings (SSSR count). The number of sulfone groups is 1. The number of methoxy groups -OCH3 is 2. The molecule has 36 heavy (non-hydrogen) atoms. The fraction of sp³-hybridized carbons (Fsp3) is 0.455. The number of aliphatic hydroxyl groups excluding tert-OH is 1. The number of aliphatic hydroxyl groups is 1. The largest absolute Gasteiger partial charge is 0.495 e. The van der Waals surface area contributed by atoms with Crippen LogP contribution in [-0.4, -0.2) is 85.6 Å². The summed E-state index contributed by atoms with van der Waals surface area (Å²) in [6.45, 7) is 2.56. The smallest absolute Gasteiger partial charge is 0.247 e. The molecule has 0 spiro atoms. The van der Waals surface area contributed by atoms with E-state index in [9.17, 15) is 30.4 Å². The van der Waals surface area contributed by atoms with Crippen LogP contribution in [0.2, 0.25) is 0 Å². The Bertz CT molecular complexity index is 1440. The molecule has 0 bridgehead atoms. The number of nitrogens with one attached hydrogen (secondary N) is 1. The van der Waals surface area contributed by atoms with E-state index in [1.807, 2.05) is 0 Å². The van der Waals surface area contributed by atoms with Crippen molar-refractivity contribution >= 4 is 29.9 Å². The van der Waals surface area contributed by atoms with E-state index in [2.05, 4.69) is 4.72 Å². The Kier molecular flexibility index (Phi) is 8.37. The maximum atomic E-state index is 13.7.